The van der Waals surface area contributed by atoms with Gasteiger partial charge in [-0.2, -0.15) is 0 Å². The molecular weight excluding hydrogens is 418 g/mol. The van der Waals surface area contributed by atoms with Crippen LogP contribution in [-0.4, -0.2) is 31.6 Å². The number of hydrogen-bond donors (Lipinski definition) is 2. The largest absolute Gasteiger partial charge is 0.465 e. The number of aromatic amines is 1. The van der Waals surface area contributed by atoms with Gasteiger partial charge in [0.25, 0.3) is 5.56 Å². The van der Waals surface area contributed by atoms with Gasteiger partial charge in [-0.1, -0.05) is 20.8 Å². The van der Waals surface area contributed by atoms with E-state index in [1.54, 1.807) is 4.90 Å². The first-order valence-electron chi connectivity index (χ1n) is 8.85. The Balaban J connectivity index is 1.90. The van der Waals surface area contributed by atoms with Crippen molar-refractivity contribution in [1.82, 2.24) is 14.9 Å². The van der Waals surface area contributed by atoms with Gasteiger partial charge in [-0.3, -0.25) is 9.69 Å². The zero-order valence-electron chi connectivity index (χ0n) is 15.0. The Morgan fingerprint density at radius 3 is 2.65 bits per heavy atom. The smallest absolute Gasteiger partial charge is 0.408 e. The molecule has 1 saturated carbocycles. The number of thiophene rings is 1. The average Bonchev–Trinajstić information content (AvgIpc) is 2.94. The molecule has 5 rings (SSSR count). The van der Waals surface area contributed by atoms with Crippen LogP contribution in [-0.2, 0) is 0 Å². The van der Waals surface area contributed by atoms with E-state index in [0.717, 1.165) is 29.5 Å². The zero-order valence-corrected chi connectivity index (χ0v) is 17.4. The summed E-state index contributed by atoms with van der Waals surface area (Å²) in [6.07, 6.45) is 2.71. The molecule has 2 aliphatic heterocycles. The first-order valence-corrected chi connectivity index (χ1v) is 10.5. The molecule has 0 radical (unpaired) electrons. The van der Waals surface area contributed by atoms with Gasteiger partial charge in [-0.25, -0.2) is 9.78 Å². The molecular formula is C18H22BrN3O3S. The summed E-state index contributed by atoms with van der Waals surface area (Å²) in [4.78, 5) is 34.0. The maximum atomic E-state index is 12.5. The third-order valence-corrected chi connectivity index (χ3v) is 7.92. The molecule has 1 aliphatic carbocycles. The minimum Gasteiger partial charge on any atom is -0.465 e. The fraction of sp³-hybridized carbons (Fsp3) is 0.611. The lowest BCUT2D eigenvalue weighted by Gasteiger charge is -2.62. The van der Waals surface area contributed by atoms with Crippen molar-refractivity contribution in [3.8, 4) is 0 Å². The molecule has 140 valence electrons. The Morgan fingerprint density at radius 2 is 2.08 bits per heavy atom. The highest BCUT2D eigenvalue weighted by atomic mass is 79.9. The topological polar surface area (TPSA) is 86.3 Å². The van der Waals surface area contributed by atoms with Crippen molar-refractivity contribution in [2.75, 3.05) is 0 Å². The van der Waals surface area contributed by atoms with Crippen LogP contribution in [0.2, 0.25) is 0 Å². The van der Waals surface area contributed by atoms with Crippen LogP contribution >= 0.6 is 27.3 Å². The van der Waals surface area contributed by atoms with Crippen LogP contribution in [0.5, 0.6) is 0 Å². The van der Waals surface area contributed by atoms with E-state index >= 15 is 0 Å². The van der Waals surface area contributed by atoms with Gasteiger partial charge in [0.2, 0.25) is 0 Å². The normalized spacial score (nSPS) is 28.7. The molecule has 3 fully saturated rings. The molecule has 2 bridgehead atoms. The van der Waals surface area contributed by atoms with Gasteiger partial charge in [0, 0.05) is 0 Å². The third kappa shape index (κ3) is 2.45. The molecule has 2 aromatic rings. The van der Waals surface area contributed by atoms with Crippen LogP contribution < -0.4 is 5.56 Å². The Bertz CT molecular complexity index is 937. The van der Waals surface area contributed by atoms with Crippen molar-refractivity contribution in [2.45, 2.75) is 58.0 Å². The van der Waals surface area contributed by atoms with E-state index in [-0.39, 0.29) is 16.9 Å². The number of fused-ring (bicyclic) bond motifs is 4. The number of nitrogens with one attached hydrogen (secondary N) is 1. The van der Waals surface area contributed by atoms with Gasteiger partial charge in [0.05, 0.1) is 20.9 Å². The van der Waals surface area contributed by atoms with E-state index in [2.05, 4.69) is 46.7 Å². The number of rotatable bonds is 1. The molecule has 0 spiro atoms. The van der Waals surface area contributed by atoms with Gasteiger partial charge in [0.15, 0.2) is 0 Å². The van der Waals surface area contributed by atoms with Gasteiger partial charge in [-0.15, -0.1) is 11.3 Å². The first-order chi connectivity index (χ1) is 12.1. The van der Waals surface area contributed by atoms with Crippen LogP contribution in [0.1, 0.15) is 58.3 Å². The van der Waals surface area contributed by atoms with Crippen molar-refractivity contribution >= 4 is 43.6 Å². The summed E-state index contributed by atoms with van der Waals surface area (Å²) in [5.74, 6) is 0.672. The Hall–Kier alpha value is -1.41. The second-order valence-corrected chi connectivity index (χ2v) is 10.9. The standard InChI is InChI=1S/C18H22BrN3O3S/c1-17(2,3)18-6-4-9(5-7-18)12(22(18)16(24)25)14-20-10-8-11(19)26-13(10)15(23)21-14/h8-9,12H,4-7H2,1-3H3,(H,24,25)(H,20,21,23)/t9?,12-,18?/m0/s1. The number of carbonyl (C=O) groups is 1. The number of halogens is 1. The van der Waals surface area contributed by atoms with E-state index < -0.39 is 17.7 Å². The number of H-pyrrole nitrogens is 1. The average molecular weight is 440 g/mol. The third-order valence-electron chi connectivity index (χ3n) is 6.30. The Labute approximate surface area is 163 Å². The lowest BCUT2D eigenvalue weighted by Crippen LogP contribution is -2.67. The summed E-state index contributed by atoms with van der Waals surface area (Å²) in [6.45, 7) is 6.34. The predicted octanol–water partition coefficient (Wildman–Crippen LogP) is 4.76. The molecule has 0 aromatic carbocycles. The zero-order chi connectivity index (χ0) is 18.9. The second-order valence-electron chi connectivity index (χ2n) is 8.43. The van der Waals surface area contributed by atoms with Crippen LogP contribution in [0.3, 0.4) is 0 Å². The quantitative estimate of drug-likeness (QED) is 0.670. The number of nitrogens with zero attached hydrogens (tertiary/aromatic N) is 2. The highest BCUT2D eigenvalue weighted by Crippen LogP contribution is 2.58. The van der Waals surface area contributed by atoms with E-state index in [1.807, 2.05) is 6.07 Å². The fourth-order valence-corrected chi connectivity index (χ4v) is 6.40. The van der Waals surface area contributed by atoms with Gasteiger partial charge in [0.1, 0.15) is 10.5 Å². The highest BCUT2D eigenvalue weighted by Gasteiger charge is 2.59. The molecule has 4 heterocycles. The van der Waals surface area contributed by atoms with Gasteiger partial charge < -0.3 is 10.1 Å². The predicted molar refractivity (Wildman–Crippen MR) is 105 cm³/mol. The van der Waals surface area contributed by atoms with E-state index in [0.29, 0.717) is 16.0 Å². The highest BCUT2D eigenvalue weighted by molar-refractivity contribution is 9.11. The van der Waals surface area contributed by atoms with E-state index in [1.165, 1.54) is 11.3 Å². The molecule has 3 aliphatic rings. The summed E-state index contributed by atoms with van der Waals surface area (Å²) in [7, 11) is 0. The van der Waals surface area contributed by atoms with Crippen LogP contribution in [0.15, 0.2) is 14.6 Å². The summed E-state index contributed by atoms with van der Waals surface area (Å²) in [6, 6.07) is 1.43. The van der Waals surface area contributed by atoms with Crippen LogP contribution in [0, 0.1) is 11.3 Å². The number of piperidine rings is 2. The maximum absolute atomic E-state index is 12.5. The SMILES string of the molecule is CC(C)(C)C12CCC(CC1)[C@@H](c1nc3cc(Br)sc3c(=O)[nH]1)N2C(=O)O. The molecule has 1 amide bonds. The van der Waals surface area contributed by atoms with Gasteiger partial charge >= 0.3 is 6.09 Å². The van der Waals surface area contributed by atoms with Crippen molar-refractivity contribution in [2.24, 2.45) is 11.3 Å². The number of carboxylic acid groups (broad SMARTS) is 1. The van der Waals surface area contributed by atoms with Crippen LogP contribution in [0.25, 0.3) is 10.2 Å². The molecule has 2 aromatic heterocycles. The van der Waals surface area contributed by atoms with Crippen molar-refractivity contribution in [3.63, 3.8) is 0 Å². The summed E-state index contributed by atoms with van der Waals surface area (Å²) in [5.41, 5.74) is -0.194. The van der Waals surface area contributed by atoms with E-state index in [4.69, 9.17) is 0 Å². The molecule has 2 N–H and O–H groups in total. The summed E-state index contributed by atoms with van der Waals surface area (Å²) in [5, 5.41) is 10.1. The number of hydrogen-bond acceptors (Lipinski definition) is 4. The molecule has 2 saturated heterocycles. The van der Waals surface area contributed by atoms with Crippen molar-refractivity contribution in [3.05, 3.63) is 26.0 Å². The lowest BCUT2D eigenvalue weighted by molar-refractivity contribution is -0.120. The molecule has 26 heavy (non-hydrogen) atoms. The molecule has 0 unspecified atom stereocenters. The monoisotopic (exact) mass is 439 g/mol. The summed E-state index contributed by atoms with van der Waals surface area (Å²) >= 11 is 4.74. The molecule has 1 atom stereocenters. The minimum atomic E-state index is -0.927. The molecule has 8 heteroatoms. The van der Waals surface area contributed by atoms with Crippen LogP contribution in [0.4, 0.5) is 4.79 Å². The first kappa shape index (κ1) is 18.0. The molecule has 6 nitrogen and oxygen atoms in total. The Kier molecular flexibility index (Phi) is 4.00. The minimum absolute atomic E-state index is 0.190. The number of aromatic nitrogens is 2. The van der Waals surface area contributed by atoms with Crippen molar-refractivity contribution in [1.29, 1.82) is 0 Å². The second kappa shape index (κ2) is 5.79. The number of amides is 1. The Morgan fingerprint density at radius 1 is 1.42 bits per heavy atom. The summed E-state index contributed by atoms with van der Waals surface area (Å²) < 4.78 is 1.41. The van der Waals surface area contributed by atoms with Crippen molar-refractivity contribution < 1.29 is 9.90 Å². The van der Waals surface area contributed by atoms with Gasteiger partial charge in [-0.05, 0) is 59.0 Å². The lowest BCUT2D eigenvalue weighted by atomic mass is 9.57. The van der Waals surface area contributed by atoms with E-state index in [9.17, 15) is 14.7 Å². The maximum Gasteiger partial charge on any atom is 0.408 e. The fourth-order valence-electron chi connectivity index (χ4n) is 4.98.